The maximum Gasteiger partial charge on any atom is 0.418 e. The van der Waals surface area contributed by atoms with Crippen molar-refractivity contribution >= 4 is 16.6 Å². The number of aryl methyl sites for hydroxylation is 1. The lowest BCUT2D eigenvalue weighted by atomic mass is 10.0. The Balaban J connectivity index is 2.14. The summed E-state index contributed by atoms with van der Waals surface area (Å²) >= 11 is 0. The quantitative estimate of drug-likeness (QED) is 0.567. The Bertz CT molecular complexity index is 1280. The molecule has 9 heteroatoms. The summed E-state index contributed by atoms with van der Waals surface area (Å²) in [5.74, 6) is 0. The summed E-state index contributed by atoms with van der Waals surface area (Å²) in [6, 6.07) is 4.90. The smallest absolute Gasteiger partial charge is 0.360 e. The fraction of sp³-hybridized carbons (Fsp3) is 0.118. The average Bonchev–Trinajstić information content (AvgIpc) is 3.07. The molecule has 4 rings (SSSR count). The normalized spacial score (nSPS) is 12.2. The van der Waals surface area contributed by atoms with Gasteiger partial charge < -0.3 is 9.55 Å². The average molecular weight is 360 g/mol. The minimum Gasteiger partial charge on any atom is -0.360 e. The Morgan fingerprint density at radius 2 is 1.92 bits per heavy atom. The number of alkyl halides is 3. The number of H-pyrrole nitrogens is 1. The number of aromatic nitrogens is 4. The van der Waals surface area contributed by atoms with Crippen LogP contribution in [-0.4, -0.2) is 19.2 Å². The monoisotopic (exact) mass is 360 g/mol. The predicted octanol–water partition coefficient (Wildman–Crippen LogP) is 2.56. The molecular formula is C17H11F3N4O2. The number of fused-ring (bicyclic) bond motifs is 2. The molecule has 0 fully saturated rings. The van der Waals surface area contributed by atoms with Crippen molar-refractivity contribution in [2.24, 2.45) is 7.05 Å². The molecule has 0 radical (unpaired) electrons. The molecule has 1 aromatic carbocycles. The molecule has 0 saturated carbocycles. The van der Waals surface area contributed by atoms with Crippen LogP contribution < -0.4 is 11.0 Å². The first-order chi connectivity index (χ1) is 12.3. The van der Waals surface area contributed by atoms with E-state index in [2.05, 4.69) is 10.1 Å². The van der Waals surface area contributed by atoms with Gasteiger partial charge in [0.05, 0.1) is 22.8 Å². The highest BCUT2D eigenvalue weighted by atomic mass is 19.4. The first-order valence-corrected chi connectivity index (χ1v) is 7.54. The van der Waals surface area contributed by atoms with Gasteiger partial charge in [-0.2, -0.15) is 22.8 Å². The number of benzene rings is 1. The van der Waals surface area contributed by atoms with Gasteiger partial charge in [0, 0.05) is 37.0 Å². The SMILES string of the molecule is Cn1cc(-c2cc(C(F)(F)F)c3[nH]ccc(=O)c3c2)c(=O)n2nccc12. The van der Waals surface area contributed by atoms with Crippen molar-refractivity contribution in [2.45, 2.75) is 6.18 Å². The van der Waals surface area contributed by atoms with Crippen molar-refractivity contribution in [3.05, 3.63) is 69.0 Å². The Morgan fingerprint density at radius 3 is 2.65 bits per heavy atom. The van der Waals surface area contributed by atoms with E-state index in [-0.39, 0.29) is 22.0 Å². The summed E-state index contributed by atoms with van der Waals surface area (Å²) in [7, 11) is 1.65. The van der Waals surface area contributed by atoms with Crippen molar-refractivity contribution in [1.29, 1.82) is 0 Å². The summed E-state index contributed by atoms with van der Waals surface area (Å²) in [6.45, 7) is 0. The topological polar surface area (TPSA) is 72.2 Å². The van der Waals surface area contributed by atoms with Crippen molar-refractivity contribution in [3.63, 3.8) is 0 Å². The number of rotatable bonds is 1. The highest BCUT2D eigenvalue weighted by molar-refractivity contribution is 5.87. The van der Waals surface area contributed by atoms with Crippen molar-refractivity contribution < 1.29 is 13.2 Å². The zero-order chi connectivity index (χ0) is 18.6. The van der Waals surface area contributed by atoms with Gasteiger partial charge in [-0.15, -0.1) is 0 Å². The number of halogens is 3. The number of nitrogens with zero attached hydrogens (tertiary/aromatic N) is 3. The number of pyridine rings is 1. The van der Waals surface area contributed by atoms with Crippen molar-refractivity contribution in [1.82, 2.24) is 19.2 Å². The highest BCUT2D eigenvalue weighted by Crippen LogP contribution is 2.36. The molecule has 0 atom stereocenters. The van der Waals surface area contributed by atoms with Crippen LogP contribution in [0.25, 0.3) is 27.7 Å². The van der Waals surface area contributed by atoms with Crippen molar-refractivity contribution in [3.8, 4) is 11.1 Å². The van der Waals surface area contributed by atoms with Crippen LogP contribution in [0.3, 0.4) is 0 Å². The molecule has 0 aliphatic rings. The molecule has 0 aliphatic carbocycles. The maximum absolute atomic E-state index is 13.5. The Kier molecular flexibility index (Phi) is 3.30. The van der Waals surface area contributed by atoms with E-state index >= 15 is 0 Å². The van der Waals surface area contributed by atoms with E-state index in [4.69, 9.17) is 0 Å². The molecule has 0 bridgehead atoms. The standard InChI is InChI=1S/C17H11F3N4O2/c1-23-8-11(16(26)24-14(23)3-5-22-24)9-6-10-13(25)2-4-21-15(10)12(7-9)17(18,19)20/h2-8H,1H3,(H,21,25). The van der Waals surface area contributed by atoms with E-state index in [0.29, 0.717) is 5.65 Å². The lowest BCUT2D eigenvalue weighted by Crippen LogP contribution is -2.20. The van der Waals surface area contributed by atoms with Crippen LogP contribution >= 0.6 is 0 Å². The van der Waals surface area contributed by atoms with Gasteiger partial charge in [-0.3, -0.25) is 9.59 Å². The minimum absolute atomic E-state index is 0.000440. The number of aromatic amines is 1. The van der Waals surface area contributed by atoms with Crippen molar-refractivity contribution in [2.75, 3.05) is 0 Å². The van der Waals surface area contributed by atoms with Gasteiger partial charge in [-0.25, -0.2) is 0 Å². The molecular weight excluding hydrogens is 349 g/mol. The molecule has 6 nitrogen and oxygen atoms in total. The summed E-state index contributed by atoms with van der Waals surface area (Å²) in [6.07, 6.45) is -0.682. The molecule has 26 heavy (non-hydrogen) atoms. The zero-order valence-electron chi connectivity index (χ0n) is 13.3. The number of hydrogen-bond donors (Lipinski definition) is 1. The van der Waals surface area contributed by atoms with Gasteiger partial charge in [0.2, 0.25) is 0 Å². The number of hydrogen-bond acceptors (Lipinski definition) is 3. The predicted molar refractivity (Wildman–Crippen MR) is 89.0 cm³/mol. The van der Waals surface area contributed by atoms with Crippen LogP contribution in [0.15, 0.2) is 52.4 Å². The third-order valence-corrected chi connectivity index (χ3v) is 4.21. The summed E-state index contributed by atoms with van der Waals surface area (Å²) in [4.78, 5) is 27.2. The molecule has 3 aromatic heterocycles. The van der Waals surface area contributed by atoms with Gasteiger partial charge in [-0.1, -0.05) is 0 Å². The molecule has 1 N–H and O–H groups in total. The maximum atomic E-state index is 13.5. The van der Waals surface area contributed by atoms with E-state index < -0.39 is 22.7 Å². The van der Waals surface area contributed by atoms with Crippen LogP contribution in [0.2, 0.25) is 0 Å². The molecule has 4 aromatic rings. The minimum atomic E-state index is -4.69. The largest absolute Gasteiger partial charge is 0.418 e. The van der Waals surface area contributed by atoms with E-state index in [9.17, 15) is 22.8 Å². The second-order valence-electron chi connectivity index (χ2n) is 5.85. The zero-order valence-corrected chi connectivity index (χ0v) is 13.3. The molecule has 0 saturated heterocycles. The van der Waals surface area contributed by atoms with E-state index in [1.54, 1.807) is 17.7 Å². The van der Waals surface area contributed by atoms with Gasteiger partial charge in [0.1, 0.15) is 5.65 Å². The first kappa shape index (κ1) is 16.1. The molecule has 0 amide bonds. The fourth-order valence-corrected chi connectivity index (χ4v) is 3.01. The Hall–Kier alpha value is -3.36. The highest BCUT2D eigenvalue weighted by Gasteiger charge is 2.34. The second-order valence-corrected chi connectivity index (χ2v) is 5.85. The molecule has 3 heterocycles. The Morgan fingerprint density at radius 1 is 1.15 bits per heavy atom. The summed E-state index contributed by atoms with van der Waals surface area (Å²) in [5.41, 5.74) is -1.95. The van der Waals surface area contributed by atoms with Crippen LogP contribution in [-0.2, 0) is 13.2 Å². The molecule has 132 valence electrons. The van der Waals surface area contributed by atoms with Gasteiger partial charge in [-0.05, 0) is 17.7 Å². The van der Waals surface area contributed by atoms with Crippen LogP contribution in [0.1, 0.15) is 5.56 Å². The molecule has 0 unspecified atom stereocenters. The van der Waals surface area contributed by atoms with E-state index in [1.807, 2.05) is 0 Å². The van der Waals surface area contributed by atoms with E-state index in [1.165, 1.54) is 18.5 Å². The third-order valence-electron chi connectivity index (χ3n) is 4.21. The summed E-state index contributed by atoms with van der Waals surface area (Å²) in [5, 5.41) is 3.77. The lowest BCUT2D eigenvalue weighted by Gasteiger charge is -2.13. The van der Waals surface area contributed by atoms with Gasteiger partial charge in [0.25, 0.3) is 5.56 Å². The summed E-state index contributed by atoms with van der Waals surface area (Å²) < 4.78 is 43.2. The van der Waals surface area contributed by atoms with Gasteiger partial charge in [0.15, 0.2) is 5.43 Å². The van der Waals surface area contributed by atoms with E-state index in [0.717, 1.165) is 22.8 Å². The van der Waals surface area contributed by atoms with Crippen LogP contribution in [0, 0.1) is 0 Å². The Labute approximate surface area is 143 Å². The lowest BCUT2D eigenvalue weighted by molar-refractivity contribution is -0.136. The van der Waals surface area contributed by atoms with Crippen LogP contribution in [0.5, 0.6) is 0 Å². The molecule has 0 aliphatic heterocycles. The third kappa shape index (κ3) is 2.32. The molecule has 0 spiro atoms. The van der Waals surface area contributed by atoms with Crippen LogP contribution in [0.4, 0.5) is 13.2 Å². The number of nitrogens with one attached hydrogen (secondary N) is 1. The second kappa shape index (κ2) is 5.32. The van der Waals surface area contributed by atoms with Gasteiger partial charge >= 0.3 is 6.18 Å². The first-order valence-electron chi connectivity index (χ1n) is 7.54. The fourth-order valence-electron chi connectivity index (χ4n) is 3.01.